The molecule has 37 heavy (non-hydrogen) atoms. The van der Waals surface area contributed by atoms with E-state index in [-0.39, 0.29) is 6.79 Å². The SMILES string of the molecule is CCc1c(C)c(C(=O)OCOC)c(C)c(I)c1OC(=O)c1c(C)cc(OCc2ccccc2)c(C)c1C. The van der Waals surface area contributed by atoms with Crippen molar-refractivity contribution in [2.45, 2.75) is 54.6 Å². The molecule has 0 saturated heterocycles. The molecule has 0 aromatic heterocycles. The average molecular weight is 616 g/mol. The van der Waals surface area contributed by atoms with Gasteiger partial charge in [-0.1, -0.05) is 37.3 Å². The van der Waals surface area contributed by atoms with Crippen molar-refractivity contribution in [1.29, 1.82) is 0 Å². The second-order valence-corrected chi connectivity index (χ2v) is 10.00. The Labute approximate surface area is 232 Å². The number of aryl methyl sites for hydroxylation is 1. The number of ether oxygens (including phenoxy) is 4. The lowest BCUT2D eigenvalue weighted by Gasteiger charge is -2.21. The largest absolute Gasteiger partial charge is 0.489 e. The summed E-state index contributed by atoms with van der Waals surface area (Å²) in [5.41, 5.74) is 6.77. The van der Waals surface area contributed by atoms with Crippen LogP contribution in [0, 0.1) is 38.2 Å². The van der Waals surface area contributed by atoms with Crippen molar-refractivity contribution in [3.63, 3.8) is 0 Å². The van der Waals surface area contributed by atoms with Gasteiger partial charge in [0.1, 0.15) is 18.1 Å². The van der Waals surface area contributed by atoms with Gasteiger partial charge in [-0.2, -0.15) is 0 Å². The van der Waals surface area contributed by atoms with Gasteiger partial charge in [0, 0.05) is 7.11 Å². The summed E-state index contributed by atoms with van der Waals surface area (Å²) >= 11 is 2.13. The van der Waals surface area contributed by atoms with E-state index in [1.165, 1.54) is 7.11 Å². The van der Waals surface area contributed by atoms with Crippen molar-refractivity contribution in [3.05, 3.63) is 90.0 Å². The fourth-order valence-electron chi connectivity index (χ4n) is 4.43. The first-order valence-electron chi connectivity index (χ1n) is 12.1. The first-order valence-corrected chi connectivity index (χ1v) is 13.2. The Kier molecular flexibility index (Phi) is 9.73. The molecule has 0 N–H and O–H groups in total. The van der Waals surface area contributed by atoms with Crippen molar-refractivity contribution < 1.29 is 28.5 Å². The van der Waals surface area contributed by atoms with Crippen LogP contribution in [0.3, 0.4) is 0 Å². The molecule has 7 heteroatoms. The van der Waals surface area contributed by atoms with E-state index < -0.39 is 11.9 Å². The Morgan fingerprint density at radius 1 is 0.865 bits per heavy atom. The number of carbonyl (C=O) groups is 2. The Morgan fingerprint density at radius 3 is 2.16 bits per heavy atom. The molecule has 0 bridgehead atoms. The lowest BCUT2D eigenvalue weighted by molar-refractivity contribution is -0.0126. The van der Waals surface area contributed by atoms with Crippen LogP contribution in [0.1, 0.15) is 66.6 Å². The van der Waals surface area contributed by atoms with E-state index in [2.05, 4.69) is 22.6 Å². The maximum atomic E-state index is 13.5. The first-order chi connectivity index (χ1) is 17.6. The van der Waals surface area contributed by atoms with Crippen molar-refractivity contribution in [3.8, 4) is 11.5 Å². The molecule has 0 atom stereocenters. The fourth-order valence-corrected chi connectivity index (χ4v) is 5.13. The average Bonchev–Trinajstić information content (AvgIpc) is 2.88. The molecular weight excluding hydrogens is 583 g/mol. The number of hydrogen-bond donors (Lipinski definition) is 0. The number of rotatable bonds is 9. The van der Waals surface area contributed by atoms with Crippen LogP contribution in [0.25, 0.3) is 0 Å². The number of benzene rings is 3. The predicted molar refractivity (Wildman–Crippen MR) is 152 cm³/mol. The predicted octanol–water partition coefficient (Wildman–Crippen LogP) is 6.95. The van der Waals surface area contributed by atoms with Crippen molar-refractivity contribution in [2.24, 2.45) is 0 Å². The molecule has 6 nitrogen and oxygen atoms in total. The van der Waals surface area contributed by atoms with Crippen LogP contribution in [0.4, 0.5) is 0 Å². The standard InChI is InChI=1S/C30H33IO6/c1-8-23-20(5)26(29(32)36-16-34-7)21(6)27(31)28(23)37-30(33)25-17(2)14-24(18(3)19(25)4)35-15-22-12-10-9-11-13-22/h9-14H,8,15-16H2,1-7H3. The highest BCUT2D eigenvalue weighted by Crippen LogP contribution is 2.37. The normalized spacial score (nSPS) is 10.8. The molecule has 0 saturated carbocycles. The summed E-state index contributed by atoms with van der Waals surface area (Å²) in [6, 6.07) is 11.8. The zero-order chi connectivity index (χ0) is 27.3. The zero-order valence-corrected chi connectivity index (χ0v) is 24.6. The van der Waals surface area contributed by atoms with Crippen LogP contribution in [0.5, 0.6) is 11.5 Å². The second-order valence-electron chi connectivity index (χ2n) is 8.92. The fraction of sp³-hybridized carbons (Fsp3) is 0.333. The van der Waals surface area contributed by atoms with Gasteiger partial charge in [-0.05, 0) is 109 Å². The molecule has 3 aromatic rings. The summed E-state index contributed by atoms with van der Waals surface area (Å²) in [5, 5.41) is 0. The van der Waals surface area contributed by atoms with Gasteiger partial charge in [-0.3, -0.25) is 0 Å². The van der Waals surface area contributed by atoms with Crippen LogP contribution in [-0.4, -0.2) is 25.8 Å². The van der Waals surface area contributed by atoms with E-state index in [1.807, 2.05) is 77.9 Å². The number of methoxy groups -OCH3 is 1. The Bertz CT molecular complexity index is 1310. The highest BCUT2D eigenvalue weighted by atomic mass is 127. The van der Waals surface area contributed by atoms with Gasteiger partial charge in [0.2, 0.25) is 0 Å². The molecule has 3 aromatic carbocycles. The van der Waals surface area contributed by atoms with Crippen LogP contribution in [-0.2, 0) is 22.5 Å². The third kappa shape index (κ3) is 6.15. The highest BCUT2D eigenvalue weighted by Gasteiger charge is 2.27. The molecule has 0 aliphatic heterocycles. The lowest BCUT2D eigenvalue weighted by atomic mass is 9.94. The van der Waals surface area contributed by atoms with Crippen LogP contribution in [0.15, 0.2) is 36.4 Å². The van der Waals surface area contributed by atoms with Crippen molar-refractivity contribution >= 4 is 34.5 Å². The molecule has 3 rings (SSSR count). The molecule has 196 valence electrons. The quantitative estimate of drug-likeness (QED) is 0.112. The van der Waals surface area contributed by atoms with Crippen LogP contribution in [0.2, 0.25) is 0 Å². The topological polar surface area (TPSA) is 71.1 Å². The van der Waals surface area contributed by atoms with E-state index in [9.17, 15) is 9.59 Å². The van der Waals surface area contributed by atoms with Crippen LogP contribution >= 0.6 is 22.6 Å². The first kappa shape index (κ1) is 28.7. The van der Waals surface area contributed by atoms with Gasteiger partial charge in [0.25, 0.3) is 0 Å². The van der Waals surface area contributed by atoms with Gasteiger partial charge < -0.3 is 18.9 Å². The summed E-state index contributed by atoms with van der Waals surface area (Å²) in [7, 11) is 1.46. The van der Waals surface area contributed by atoms with E-state index in [0.717, 1.165) is 39.1 Å². The summed E-state index contributed by atoms with van der Waals surface area (Å²) in [6.45, 7) is 11.7. The van der Waals surface area contributed by atoms with E-state index in [0.29, 0.717) is 39.0 Å². The number of carbonyl (C=O) groups excluding carboxylic acids is 2. The number of hydrogen-bond acceptors (Lipinski definition) is 6. The summed E-state index contributed by atoms with van der Waals surface area (Å²) in [6.07, 6.45) is 0.582. The molecule has 0 unspecified atom stereocenters. The summed E-state index contributed by atoms with van der Waals surface area (Å²) in [5.74, 6) is 0.321. The van der Waals surface area contributed by atoms with Gasteiger partial charge in [-0.25, -0.2) is 9.59 Å². The Morgan fingerprint density at radius 2 is 1.54 bits per heavy atom. The van der Waals surface area contributed by atoms with E-state index >= 15 is 0 Å². The molecule has 0 aliphatic rings. The Hall–Kier alpha value is -2.91. The summed E-state index contributed by atoms with van der Waals surface area (Å²) < 4.78 is 22.9. The molecule has 0 heterocycles. The lowest BCUT2D eigenvalue weighted by Crippen LogP contribution is -2.18. The third-order valence-corrected chi connectivity index (χ3v) is 7.85. The minimum Gasteiger partial charge on any atom is -0.489 e. The molecule has 0 spiro atoms. The van der Waals surface area contributed by atoms with Gasteiger partial charge in [-0.15, -0.1) is 0 Å². The second kappa shape index (κ2) is 12.6. The van der Waals surface area contributed by atoms with E-state index in [4.69, 9.17) is 18.9 Å². The van der Waals surface area contributed by atoms with E-state index in [1.54, 1.807) is 0 Å². The molecule has 0 aliphatic carbocycles. The summed E-state index contributed by atoms with van der Waals surface area (Å²) in [4.78, 5) is 26.2. The minimum atomic E-state index is -0.462. The molecule has 0 radical (unpaired) electrons. The van der Waals surface area contributed by atoms with Crippen molar-refractivity contribution in [2.75, 3.05) is 13.9 Å². The Balaban J connectivity index is 1.95. The van der Waals surface area contributed by atoms with Gasteiger partial charge in [0.15, 0.2) is 6.79 Å². The monoisotopic (exact) mass is 616 g/mol. The number of esters is 2. The molecule has 0 fully saturated rings. The number of halogens is 1. The highest BCUT2D eigenvalue weighted by molar-refractivity contribution is 14.1. The van der Waals surface area contributed by atoms with Crippen LogP contribution < -0.4 is 9.47 Å². The maximum Gasteiger partial charge on any atom is 0.344 e. The molecule has 0 amide bonds. The molecular formula is C30H33IO6. The maximum absolute atomic E-state index is 13.5. The smallest absolute Gasteiger partial charge is 0.344 e. The van der Waals surface area contributed by atoms with Gasteiger partial charge >= 0.3 is 11.9 Å². The zero-order valence-electron chi connectivity index (χ0n) is 22.4. The third-order valence-electron chi connectivity index (χ3n) is 6.56. The van der Waals surface area contributed by atoms with Gasteiger partial charge in [0.05, 0.1) is 14.7 Å². The van der Waals surface area contributed by atoms with Crippen molar-refractivity contribution in [1.82, 2.24) is 0 Å². The minimum absolute atomic E-state index is 0.130.